The van der Waals surface area contributed by atoms with Crippen LogP contribution < -0.4 is 10.6 Å². The van der Waals surface area contributed by atoms with E-state index in [0.29, 0.717) is 0 Å². The molecule has 3 unspecified atom stereocenters. The van der Waals surface area contributed by atoms with Crippen molar-refractivity contribution in [2.75, 3.05) is 6.54 Å². The molecule has 0 spiro atoms. The Bertz CT molecular complexity index is 257. The third kappa shape index (κ3) is 5.07. The maximum atomic E-state index is 11.9. The number of carbonyl (C=O) groups is 1. The summed E-state index contributed by atoms with van der Waals surface area (Å²) >= 11 is 0. The number of rotatable bonds is 4. The molecule has 3 atom stereocenters. The minimum absolute atomic E-state index is 0.0953. The Kier molecular flexibility index (Phi) is 4.99. The van der Waals surface area contributed by atoms with Gasteiger partial charge in [-0.1, -0.05) is 19.8 Å². The van der Waals surface area contributed by atoms with Crippen molar-refractivity contribution < 1.29 is 4.79 Å². The van der Waals surface area contributed by atoms with Crippen LogP contribution in [0, 0.1) is 11.8 Å². The SMILES string of the molecule is CC(NCC1CCCC1C)C(=O)NC(C)(C)C. The van der Waals surface area contributed by atoms with Gasteiger partial charge in [0.15, 0.2) is 0 Å². The zero-order valence-electron chi connectivity index (χ0n) is 12.0. The molecule has 0 saturated heterocycles. The van der Waals surface area contributed by atoms with E-state index >= 15 is 0 Å². The normalized spacial score (nSPS) is 26.9. The van der Waals surface area contributed by atoms with Crippen molar-refractivity contribution in [3.63, 3.8) is 0 Å². The predicted octanol–water partition coefficient (Wildman–Crippen LogP) is 2.32. The van der Waals surface area contributed by atoms with Crippen LogP contribution in [-0.4, -0.2) is 24.0 Å². The molecule has 0 aromatic carbocycles. The van der Waals surface area contributed by atoms with E-state index in [1.54, 1.807) is 0 Å². The lowest BCUT2D eigenvalue weighted by Crippen LogP contribution is -2.50. The number of nitrogens with one attached hydrogen (secondary N) is 2. The number of hydrogen-bond acceptors (Lipinski definition) is 2. The molecule has 0 aromatic heterocycles. The van der Waals surface area contributed by atoms with Gasteiger partial charge in [-0.25, -0.2) is 0 Å². The summed E-state index contributed by atoms with van der Waals surface area (Å²) in [6.07, 6.45) is 3.99. The molecule has 0 radical (unpaired) electrons. The molecule has 3 heteroatoms. The van der Waals surface area contributed by atoms with Gasteiger partial charge in [-0.15, -0.1) is 0 Å². The summed E-state index contributed by atoms with van der Waals surface area (Å²) < 4.78 is 0. The first-order chi connectivity index (χ1) is 7.79. The first kappa shape index (κ1) is 14.5. The van der Waals surface area contributed by atoms with Crippen molar-refractivity contribution in [3.8, 4) is 0 Å². The topological polar surface area (TPSA) is 41.1 Å². The van der Waals surface area contributed by atoms with Gasteiger partial charge in [0.05, 0.1) is 6.04 Å². The van der Waals surface area contributed by atoms with Gasteiger partial charge in [-0.05, 0) is 52.5 Å². The standard InChI is InChI=1S/C14H28N2O/c1-10-7-6-8-12(10)9-15-11(2)13(17)16-14(3,4)5/h10-12,15H,6-9H2,1-5H3,(H,16,17). The highest BCUT2D eigenvalue weighted by Gasteiger charge is 2.25. The molecule has 1 rings (SSSR count). The van der Waals surface area contributed by atoms with Crippen LogP contribution >= 0.6 is 0 Å². The van der Waals surface area contributed by atoms with Crippen molar-refractivity contribution in [1.29, 1.82) is 0 Å². The summed E-state index contributed by atoms with van der Waals surface area (Å²) in [5, 5.41) is 6.37. The molecule has 17 heavy (non-hydrogen) atoms. The molecule has 1 aliphatic carbocycles. The van der Waals surface area contributed by atoms with Crippen LogP contribution in [0.2, 0.25) is 0 Å². The highest BCUT2D eigenvalue weighted by Crippen LogP contribution is 2.30. The molecule has 3 nitrogen and oxygen atoms in total. The zero-order chi connectivity index (χ0) is 13.1. The molecule has 100 valence electrons. The van der Waals surface area contributed by atoms with Crippen LogP contribution in [0.15, 0.2) is 0 Å². The maximum absolute atomic E-state index is 11.9. The lowest BCUT2D eigenvalue weighted by molar-refractivity contribution is -0.124. The minimum Gasteiger partial charge on any atom is -0.350 e. The average Bonchev–Trinajstić information content (AvgIpc) is 2.57. The summed E-state index contributed by atoms with van der Waals surface area (Å²) in [5.41, 5.74) is -0.145. The predicted molar refractivity (Wildman–Crippen MR) is 71.9 cm³/mol. The number of amides is 1. The average molecular weight is 240 g/mol. The second kappa shape index (κ2) is 5.85. The Morgan fingerprint density at radius 2 is 2.00 bits per heavy atom. The third-order valence-electron chi connectivity index (χ3n) is 3.62. The Labute approximate surface area is 106 Å². The van der Waals surface area contributed by atoms with Crippen molar-refractivity contribution in [1.82, 2.24) is 10.6 Å². The third-order valence-corrected chi connectivity index (χ3v) is 3.62. The maximum Gasteiger partial charge on any atom is 0.237 e. The summed E-state index contributed by atoms with van der Waals surface area (Å²) in [6.45, 7) is 11.3. The molecule has 1 fully saturated rings. The van der Waals surface area contributed by atoms with Crippen LogP contribution in [-0.2, 0) is 4.79 Å². The first-order valence-corrected chi connectivity index (χ1v) is 6.85. The fraction of sp³-hybridized carbons (Fsp3) is 0.929. The first-order valence-electron chi connectivity index (χ1n) is 6.85. The molecule has 1 amide bonds. The lowest BCUT2D eigenvalue weighted by Gasteiger charge is -2.25. The summed E-state index contributed by atoms with van der Waals surface area (Å²) in [4.78, 5) is 11.9. The molecular formula is C14H28N2O. The minimum atomic E-state index is -0.145. The summed E-state index contributed by atoms with van der Waals surface area (Å²) in [7, 11) is 0. The largest absolute Gasteiger partial charge is 0.350 e. The van der Waals surface area contributed by atoms with Gasteiger partial charge in [-0.2, -0.15) is 0 Å². The molecule has 0 bridgehead atoms. The van der Waals surface area contributed by atoms with Crippen LogP contribution in [0.3, 0.4) is 0 Å². The van der Waals surface area contributed by atoms with Crippen LogP contribution in [0.1, 0.15) is 53.9 Å². The molecule has 2 N–H and O–H groups in total. The Balaban J connectivity index is 2.29. The molecular weight excluding hydrogens is 212 g/mol. The fourth-order valence-electron chi connectivity index (χ4n) is 2.42. The molecule has 0 aromatic rings. The molecule has 0 heterocycles. The van der Waals surface area contributed by atoms with E-state index in [4.69, 9.17) is 0 Å². The molecule has 1 aliphatic rings. The molecule has 0 aliphatic heterocycles. The monoisotopic (exact) mass is 240 g/mol. The van der Waals surface area contributed by atoms with E-state index < -0.39 is 0 Å². The fourth-order valence-corrected chi connectivity index (χ4v) is 2.42. The van der Waals surface area contributed by atoms with Gasteiger partial charge < -0.3 is 10.6 Å². The quantitative estimate of drug-likeness (QED) is 0.792. The van der Waals surface area contributed by atoms with Gasteiger partial charge in [0.25, 0.3) is 0 Å². The summed E-state index contributed by atoms with van der Waals surface area (Å²) in [5.74, 6) is 1.66. The van der Waals surface area contributed by atoms with Crippen molar-refractivity contribution in [2.45, 2.75) is 65.5 Å². The second-order valence-corrected chi connectivity index (χ2v) is 6.54. The lowest BCUT2D eigenvalue weighted by atomic mass is 9.98. The Morgan fingerprint density at radius 1 is 1.35 bits per heavy atom. The van der Waals surface area contributed by atoms with E-state index in [1.807, 2.05) is 27.7 Å². The number of carbonyl (C=O) groups excluding carboxylic acids is 1. The van der Waals surface area contributed by atoms with Crippen LogP contribution in [0.25, 0.3) is 0 Å². The van der Waals surface area contributed by atoms with Crippen LogP contribution in [0.5, 0.6) is 0 Å². The Hall–Kier alpha value is -0.570. The van der Waals surface area contributed by atoms with Gasteiger partial charge in [0.2, 0.25) is 5.91 Å². The van der Waals surface area contributed by atoms with E-state index in [1.165, 1.54) is 19.3 Å². The van der Waals surface area contributed by atoms with E-state index in [0.717, 1.165) is 18.4 Å². The molecule has 1 saturated carbocycles. The van der Waals surface area contributed by atoms with Gasteiger partial charge in [-0.3, -0.25) is 4.79 Å². The van der Waals surface area contributed by atoms with E-state index in [-0.39, 0.29) is 17.5 Å². The van der Waals surface area contributed by atoms with Crippen molar-refractivity contribution in [2.24, 2.45) is 11.8 Å². The van der Waals surface area contributed by atoms with Crippen molar-refractivity contribution >= 4 is 5.91 Å². The van der Waals surface area contributed by atoms with Crippen molar-refractivity contribution in [3.05, 3.63) is 0 Å². The van der Waals surface area contributed by atoms with Gasteiger partial charge in [0, 0.05) is 5.54 Å². The highest BCUT2D eigenvalue weighted by molar-refractivity contribution is 5.81. The van der Waals surface area contributed by atoms with E-state index in [9.17, 15) is 4.79 Å². The van der Waals surface area contributed by atoms with Crippen LogP contribution in [0.4, 0.5) is 0 Å². The van der Waals surface area contributed by atoms with Gasteiger partial charge in [0.1, 0.15) is 0 Å². The zero-order valence-corrected chi connectivity index (χ0v) is 12.0. The smallest absolute Gasteiger partial charge is 0.237 e. The highest BCUT2D eigenvalue weighted by atomic mass is 16.2. The van der Waals surface area contributed by atoms with Gasteiger partial charge >= 0.3 is 0 Å². The summed E-state index contributed by atoms with van der Waals surface area (Å²) in [6, 6.07) is -0.0953. The second-order valence-electron chi connectivity index (χ2n) is 6.54. The number of hydrogen-bond donors (Lipinski definition) is 2. The van der Waals surface area contributed by atoms with E-state index in [2.05, 4.69) is 17.6 Å². The Morgan fingerprint density at radius 3 is 2.47 bits per heavy atom.